The van der Waals surface area contributed by atoms with E-state index >= 15 is 0 Å². The van der Waals surface area contributed by atoms with Crippen molar-refractivity contribution in [2.75, 3.05) is 5.32 Å². The van der Waals surface area contributed by atoms with E-state index in [1.807, 2.05) is 0 Å². The van der Waals surface area contributed by atoms with Crippen LogP contribution >= 0.6 is 0 Å². The largest absolute Gasteiger partial charge is 0.322 e. The first-order chi connectivity index (χ1) is 12.9. The summed E-state index contributed by atoms with van der Waals surface area (Å²) >= 11 is 0. The molecule has 0 heterocycles. The molecule has 3 rings (SSSR count). The zero-order chi connectivity index (χ0) is 19.3. The molecule has 2 aromatic rings. The number of anilines is 1. The summed E-state index contributed by atoms with van der Waals surface area (Å²) in [5, 5.41) is 2.63. The number of carbonyl (C=O) groups is 1. The van der Waals surface area contributed by atoms with Gasteiger partial charge in [-0.15, -0.1) is 0 Å². The van der Waals surface area contributed by atoms with Crippen molar-refractivity contribution in [1.29, 1.82) is 0 Å². The molecule has 0 aromatic heterocycles. The molecule has 0 aliphatic heterocycles. The molecule has 0 unspecified atom stereocenters. The molecule has 27 heavy (non-hydrogen) atoms. The minimum atomic E-state index is -3.69. The third-order valence-corrected chi connectivity index (χ3v) is 6.20. The van der Waals surface area contributed by atoms with Crippen LogP contribution in [0.3, 0.4) is 0 Å². The number of benzene rings is 2. The molecule has 1 aliphatic carbocycles. The highest BCUT2D eigenvalue weighted by Gasteiger charge is 2.22. The first-order valence-corrected chi connectivity index (χ1v) is 10.6. The van der Waals surface area contributed by atoms with Crippen molar-refractivity contribution in [3.8, 4) is 0 Å². The summed E-state index contributed by atoms with van der Waals surface area (Å²) in [6.07, 6.45) is 5.99. The van der Waals surface area contributed by atoms with Crippen LogP contribution < -0.4 is 10.0 Å². The fourth-order valence-electron chi connectivity index (χ4n) is 3.23. The topological polar surface area (TPSA) is 75.3 Å². The number of amides is 1. The van der Waals surface area contributed by atoms with Crippen LogP contribution in [0.5, 0.6) is 0 Å². The van der Waals surface area contributed by atoms with E-state index in [-0.39, 0.29) is 16.5 Å². The van der Waals surface area contributed by atoms with Gasteiger partial charge in [-0.3, -0.25) is 4.79 Å². The van der Waals surface area contributed by atoms with Crippen LogP contribution in [0.4, 0.5) is 10.1 Å². The van der Waals surface area contributed by atoms with Crippen molar-refractivity contribution < 1.29 is 17.6 Å². The van der Waals surface area contributed by atoms with Gasteiger partial charge in [-0.05, 0) is 55.3 Å². The van der Waals surface area contributed by atoms with Crippen LogP contribution in [0.1, 0.15) is 48.9 Å². The molecule has 2 N–H and O–H groups in total. The maximum atomic E-state index is 13.0. The van der Waals surface area contributed by atoms with E-state index in [2.05, 4.69) is 10.0 Å². The Hall–Kier alpha value is -2.25. The third kappa shape index (κ3) is 5.37. The number of halogens is 1. The smallest absolute Gasteiger partial charge is 0.255 e. The molecule has 7 heteroatoms. The number of hydrogen-bond acceptors (Lipinski definition) is 3. The molecule has 0 radical (unpaired) electrons. The number of carbonyl (C=O) groups excluding carboxylic acids is 1. The van der Waals surface area contributed by atoms with E-state index in [1.165, 1.54) is 36.4 Å². The number of nitrogens with one attached hydrogen (secondary N) is 2. The van der Waals surface area contributed by atoms with Gasteiger partial charge in [-0.2, -0.15) is 0 Å². The number of sulfonamides is 1. The van der Waals surface area contributed by atoms with Gasteiger partial charge in [-0.25, -0.2) is 17.5 Å². The van der Waals surface area contributed by atoms with E-state index in [1.54, 1.807) is 12.1 Å². The Morgan fingerprint density at radius 3 is 2.30 bits per heavy atom. The summed E-state index contributed by atoms with van der Waals surface area (Å²) in [5.74, 6) is -0.848. The summed E-state index contributed by atoms with van der Waals surface area (Å²) in [6, 6.07) is 11.2. The Morgan fingerprint density at radius 1 is 0.963 bits per heavy atom. The van der Waals surface area contributed by atoms with Gasteiger partial charge in [0.15, 0.2) is 0 Å². The van der Waals surface area contributed by atoms with E-state index in [9.17, 15) is 17.6 Å². The predicted molar refractivity (Wildman–Crippen MR) is 103 cm³/mol. The summed E-state index contributed by atoms with van der Waals surface area (Å²) in [4.78, 5) is 12.5. The summed E-state index contributed by atoms with van der Waals surface area (Å²) in [5.41, 5.74) is 0.661. The summed E-state index contributed by atoms with van der Waals surface area (Å²) < 4.78 is 41.1. The molecule has 2 aromatic carbocycles. The van der Waals surface area contributed by atoms with Crippen molar-refractivity contribution in [1.82, 2.24) is 4.72 Å². The maximum absolute atomic E-state index is 13.0. The van der Waals surface area contributed by atoms with Crippen LogP contribution in [-0.2, 0) is 10.0 Å². The predicted octanol–water partition coefficient (Wildman–Crippen LogP) is 4.08. The van der Waals surface area contributed by atoms with E-state index in [4.69, 9.17) is 0 Å². The molecular weight excluding hydrogens is 367 g/mol. The SMILES string of the molecule is O=C(Nc1ccc(F)cc1)c1cccc(S(=O)(=O)NC2CCCCCC2)c1. The fraction of sp³-hybridized carbons (Fsp3) is 0.350. The Bertz CT molecular complexity index is 890. The lowest BCUT2D eigenvalue weighted by Crippen LogP contribution is -2.34. The molecule has 1 aliphatic rings. The summed E-state index contributed by atoms with van der Waals surface area (Å²) in [7, 11) is -3.69. The Morgan fingerprint density at radius 2 is 1.63 bits per heavy atom. The molecule has 5 nitrogen and oxygen atoms in total. The van der Waals surface area contributed by atoms with E-state index in [0.29, 0.717) is 5.69 Å². The van der Waals surface area contributed by atoms with E-state index in [0.717, 1.165) is 38.5 Å². The molecule has 144 valence electrons. The molecule has 1 fully saturated rings. The van der Waals surface area contributed by atoms with E-state index < -0.39 is 21.7 Å². The Labute approximate surface area is 159 Å². The van der Waals surface area contributed by atoms with Crippen molar-refractivity contribution >= 4 is 21.6 Å². The average Bonchev–Trinajstić information content (AvgIpc) is 2.92. The zero-order valence-corrected chi connectivity index (χ0v) is 15.8. The van der Waals surface area contributed by atoms with Gasteiger partial charge in [0.2, 0.25) is 10.0 Å². The van der Waals surface area contributed by atoms with Gasteiger partial charge in [0.1, 0.15) is 5.82 Å². The Kier molecular flexibility index (Phi) is 6.23. The monoisotopic (exact) mass is 390 g/mol. The first kappa shape index (κ1) is 19.5. The van der Waals surface area contributed by atoms with Crippen molar-refractivity contribution in [3.05, 3.63) is 59.9 Å². The lowest BCUT2D eigenvalue weighted by Gasteiger charge is -2.16. The van der Waals surface area contributed by atoms with Gasteiger partial charge in [0, 0.05) is 17.3 Å². The highest BCUT2D eigenvalue weighted by Crippen LogP contribution is 2.20. The quantitative estimate of drug-likeness (QED) is 0.756. The lowest BCUT2D eigenvalue weighted by atomic mass is 10.1. The van der Waals surface area contributed by atoms with Crippen molar-refractivity contribution in [2.24, 2.45) is 0 Å². The molecule has 0 saturated heterocycles. The second-order valence-corrected chi connectivity index (χ2v) is 8.51. The van der Waals surface area contributed by atoms with Crippen LogP contribution in [0.15, 0.2) is 53.4 Å². The van der Waals surface area contributed by atoms with Gasteiger partial charge in [-0.1, -0.05) is 31.7 Å². The third-order valence-electron chi connectivity index (χ3n) is 4.69. The molecule has 0 bridgehead atoms. The second-order valence-electron chi connectivity index (χ2n) is 6.80. The number of rotatable bonds is 5. The van der Waals surface area contributed by atoms with Gasteiger partial charge < -0.3 is 5.32 Å². The highest BCUT2D eigenvalue weighted by atomic mass is 32.2. The van der Waals surface area contributed by atoms with Crippen LogP contribution in [0.2, 0.25) is 0 Å². The fourth-order valence-corrected chi connectivity index (χ4v) is 4.58. The van der Waals surface area contributed by atoms with Gasteiger partial charge in [0.05, 0.1) is 4.90 Å². The minimum absolute atomic E-state index is 0.0609. The first-order valence-electron chi connectivity index (χ1n) is 9.13. The van der Waals surface area contributed by atoms with Gasteiger partial charge in [0.25, 0.3) is 5.91 Å². The maximum Gasteiger partial charge on any atom is 0.255 e. The molecule has 1 amide bonds. The Balaban J connectivity index is 1.73. The molecular formula is C20H23FN2O3S. The zero-order valence-electron chi connectivity index (χ0n) is 14.9. The normalized spacial score (nSPS) is 15.9. The van der Waals surface area contributed by atoms with Crippen LogP contribution in [0, 0.1) is 5.82 Å². The molecule has 0 spiro atoms. The minimum Gasteiger partial charge on any atom is -0.322 e. The molecule has 0 atom stereocenters. The highest BCUT2D eigenvalue weighted by molar-refractivity contribution is 7.89. The second kappa shape index (κ2) is 8.63. The van der Waals surface area contributed by atoms with Crippen LogP contribution in [-0.4, -0.2) is 20.4 Å². The molecule has 1 saturated carbocycles. The average molecular weight is 390 g/mol. The van der Waals surface area contributed by atoms with Crippen molar-refractivity contribution in [3.63, 3.8) is 0 Å². The van der Waals surface area contributed by atoms with Gasteiger partial charge >= 0.3 is 0 Å². The summed E-state index contributed by atoms with van der Waals surface area (Å²) in [6.45, 7) is 0. The van der Waals surface area contributed by atoms with Crippen molar-refractivity contribution in [2.45, 2.75) is 49.5 Å². The standard InChI is InChI=1S/C20H23FN2O3S/c21-16-10-12-17(13-11-16)22-20(24)15-6-5-9-19(14-15)27(25,26)23-18-7-3-1-2-4-8-18/h5-6,9-14,18,23H,1-4,7-8H2,(H,22,24). The van der Waals surface area contributed by atoms with Crippen LogP contribution in [0.25, 0.3) is 0 Å². The number of hydrogen-bond donors (Lipinski definition) is 2. The lowest BCUT2D eigenvalue weighted by molar-refractivity contribution is 0.102.